The van der Waals surface area contributed by atoms with E-state index in [2.05, 4.69) is 18.2 Å². The average Bonchev–Trinajstić information content (AvgIpc) is 2.64. The Kier molecular flexibility index (Phi) is 5.41. The Morgan fingerprint density at radius 1 is 0.750 bits per heavy atom. The molecule has 0 radical (unpaired) electrons. The second-order valence-corrected chi connectivity index (χ2v) is 5.66. The van der Waals surface area contributed by atoms with Crippen LogP contribution in [0.1, 0.15) is 27.9 Å². The van der Waals surface area contributed by atoms with Crippen LogP contribution in [-0.4, -0.2) is 12.4 Å². The van der Waals surface area contributed by atoms with Gasteiger partial charge in [0.15, 0.2) is 5.78 Å². The molecule has 0 aliphatic heterocycles. The number of carbonyl (C=O) groups excluding carboxylic acids is 1. The first-order valence-electron chi connectivity index (χ1n) is 8.16. The third-order valence-corrected chi connectivity index (χ3v) is 3.89. The summed E-state index contributed by atoms with van der Waals surface area (Å²) in [6.45, 7) is 0.388. The summed E-state index contributed by atoms with van der Waals surface area (Å²) in [5, 5.41) is 0. The summed E-state index contributed by atoms with van der Waals surface area (Å²) in [5.41, 5.74) is 3.11. The van der Waals surface area contributed by atoms with E-state index >= 15 is 0 Å². The molecule has 0 spiro atoms. The van der Waals surface area contributed by atoms with Crippen molar-refractivity contribution in [2.45, 2.75) is 12.8 Å². The van der Waals surface area contributed by atoms with Crippen molar-refractivity contribution in [2.75, 3.05) is 6.61 Å². The number of Topliss-reactive ketones (excluding diaryl/α,β-unsaturated/α-hetero) is 1. The molecular weight excluding hydrogens is 296 g/mol. The number of benzene rings is 3. The first-order chi connectivity index (χ1) is 11.8. The Bertz CT molecular complexity index is 779. The summed E-state index contributed by atoms with van der Waals surface area (Å²) in [6.07, 6.45) is 1.20. The lowest BCUT2D eigenvalue weighted by Crippen LogP contribution is -2.07. The number of hydrogen-bond acceptors (Lipinski definition) is 2. The van der Waals surface area contributed by atoms with Crippen molar-refractivity contribution < 1.29 is 9.53 Å². The molecule has 0 saturated carbocycles. The Hall–Kier alpha value is -2.87. The number of hydrogen-bond donors (Lipinski definition) is 0. The fraction of sp³-hybridized carbons (Fsp3) is 0.136. The van der Waals surface area contributed by atoms with Crippen LogP contribution >= 0.6 is 0 Å². The fourth-order valence-electron chi connectivity index (χ4n) is 2.63. The lowest BCUT2D eigenvalue weighted by atomic mass is 10.0. The summed E-state index contributed by atoms with van der Waals surface area (Å²) < 4.78 is 5.88. The highest BCUT2D eigenvalue weighted by Crippen LogP contribution is 2.21. The second-order valence-electron chi connectivity index (χ2n) is 5.66. The van der Waals surface area contributed by atoms with E-state index in [0.717, 1.165) is 23.3 Å². The molecule has 0 aromatic heterocycles. The molecule has 0 fully saturated rings. The number of rotatable bonds is 7. The van der Waals surface area contributed by atoms with Gasteiger partial charge in [0.05, 0.1) is 6.61 Å². The molecule has 2 nitrogen and oxygen atoms in total. The van der Waals surface area contributed by atoms with Crippen molar-refractivity contribution >= 4 is 5.78 Å². The van der Waals surface area contributed by atoms with Crippen LogP contribution in [0.4, 0.5) is 0 Å². The van der Waals surface area contributed by atoms with Crippen molar-refractivity contribution in [3.05, 3.63) is 102 Å². The van der Waals surface area contributed by atoms with Crippen molar-refractivity contribution in [1.29, 1.82) is 0 Å². The maximum Gasteiger partial charge on any atom is 0.166 e. The second kappa shape index (κ2) is 8.11. The third kappa shape index (κ3) is 4.32. The van der Waals surface area contributed by atoms with Crippen LogP contribution < -0.4 is 4.74 Å². The number of para-hydroxylation sites is 1. The van der Waals surface area contributed by atoms with Crippen molar-refractivity contribution in [1.82, 2.24) is 0 Å². The first kappa shape index (κ1) is 16.0. The number of carbonyl (C=O) groups is 1. The zero-order valence-corrected chi connectivity index (χ0v) is 13.5. The van der Waals surface area contributed by atoms with E-state index in [0.29, 0.717) is 13.0 Å². The van der Waals surface area contributed by atoms with E-state index in [1.165, 1.54) is 5.56 Å². The van der Waals surface area contributed by atoms with Crippen LogP contribution in [0.25, 0.3) is 0 Å². The molecule has 0 bridgehead atoms. The molecule has 24 heavy (non-hydrogen) atoms. The molecule has 0 aliphatic carbocycles. The van der Waals surface area contributed by atoms with Crippen LogP contribution in [0.5, 0.6) is 5.75 Å². The van der Waals surface area contributed by atoms with Crippen LogP contribution in [0.3, 0.4) is 0 Å². The van der Waals surface area contributed by atoms with Crippen molar-refractivity contribution in [3.63, 3.8) is 0 Å². The summed E-state index contributed by atoms with van der Waals surface area (Å²) >= 11 is 0. The Morgan fingerprint density at radius 2 is 1.38 bits per heavy atom. The monoisotopic (exact) mass is 316 g/mol. The number of ether oxygens (including phenoxy) is 1. The highest BCUT2D eigenvalue weighted by molar-refractivity contribution is 5.96. The van der Waals surface area contributed by atoms with Crippen LogP contribution in [0, 0.1) is 0 Å². The predicted molar refractivity (Wildman–Crippen MR) is 96.6 cm³/mol. The van der Waals surface area contributed by atoms with Gasteiger partial charge < -0.3 is 4.74 Å². The summed E-state index contributed by atoms with van der Waals surface area (Å²) in [7, 11) is 0. The summed E-state index contributed by atoms with van der Waals surface area (Å²) in [4.78, 5) is 12.1. The molecule has 0 unspecified atom stereocenters. The first-order valence-corrected chi connectivity index (χ1v) is 8.16. The maximum atomic E-state index is 12.1. The Balaban J connectivity index is 1.60. The molecule has 0 saturated heterocycles. The SMILES string of the molecule is O=C(CCOc1ccccc1Cc1ccccc1)c1ccccc1. The molecule has 0 aliphatic rings. The van der Waals surface area contributed by atoms with E-state index in [1.807, 2.05) is 66.7 Å². The molecular formula is C22H20O2. The van der Waals surface area contributed by atoms with Gasteiger partial charge in [0.1, 0.15) is 5.75 Å². The highest BCUT2D eigenvalue weighted by Gasteiger charge is 2.07. The van der Waals surface area contributed by atoms with Crippen molar-refractivity contribution in [2.24, 2.45) is 0 Å². The standard InChI is InChI=1S/C22H20O2/c23-21(19-11-5-2-6-12-19)15-16-24-22-14-8-7-13-20(22)17-18-9-3-1-4-10-18/h1-14H,15-17H2. The molecule has 0 heterocycles. The highest BCUT2D eigenvalue weighted by atomic mass is 16.5. The summed E-state index contributed by atoms with van der Waals surface area (Å²) in [5.74, 6) is 0.957. The molecule has 2 heteroatoms. The Labute approximate surface area is 142 Å². The van der Waals surface area contributed by atoms with Gasteiger partial charge in [-0.1, -0.05) is 78.9 Å². The van der Waals surface area contributed by atoms with Gasteiger partial charge in [0, 0.05) is 18.4 Å². The van der Waals surface area contributed by atoms with Crippen molar-refractivity contribution in [3.8, 4) is 5.75 Å². The van der Waals surface area contributed by atoms with Crippen LogP contribution in [0.2, 0.25) is 0 Å². The van der Waals surface area contributed by atoms with E-state index in [1.54, 1.807) is 0 Å². The van der Waals surface area contributed by atoms with Gasteiger partial charge in [-0.25, -0.2) is 0 Å². The average molecular weight is 316 g/mol. The third-order valence-electron chi connectivity index (χ3n) is 3.89. The molecule has 3 aromatic rings. The van der Waals surface area contributed by atoms with Gasteiger partial charge in [0.25, 0.3) is 0 Å². The zero-order chi connectivity index (χ0) is 16.6. The van der Waals surface area contributed by atoms with Gasteiger partial charge in [-0.3, -0.25) is 4.79 Å². The maximum absolute atomic E-state index is 12.1. The number of ketones is 1. The van der Waals surface area contributed by atoms with Crippen LogP contribution in [0.15, 0.2) is 84.9 Å². The predicted octanol–water partition coefficient (Wildman–Crippen LogP) is 4.93. The minimum absolute atomic E-state index is 0.108. The van der Waals surface area contributed by atoms with Gasteiger partial charge >= 0.3 is 0 Å². The van der Waals surface area contributed by atoms with Gasteiger partial charge in [-0.05, 0) is 17.2 Å². The molecule has 3 rings (SSSR count). The van der Waals surface area contributed by atoms with Crippen LogP contribution in [-0.2, 0) is 6.42 Å². The molecule has 0 N–H and O–H groups in total. The fourth-order valence-corrected chi connectivity index (χ4v) is 2.63. The summed E-state index contributed by atoms with van der Waals surface area (Å²) in [6, 6.07) is 27.7. The molecule has 120 valence electrons. The smallest absolute Gasteiger partial charge is 0.166 e. The minimum atomic E-state index is 0.108. The van der Waals surface area contributed by atoms with E-state index in [-0.39, 0.29) is 5.78 Å². The molecule has 0 amide bonds. The topological polar surface area (TPSA) is 26.3 Å². The molecule has 3 aromatic carbocycles. The molecule has 0 atom stereocenters. The van der Waals surface area contributed by atoms with E-state index in [4.69, 9.17) is 4.74 Å². The largest absolute Gasteiger partial charge is 0.493 e. The van der Waals surface area contributed by atoms with E-state index in [9.17, 15) is 4.79 Å². The quantitative estimate of drug-likeness (QED) is 0.578. The lowest BCUT2D eigenvalue weighted by Gasteiger charge is -2.11. The lowest BCUT2D eigenvalue weighted by molar-refractivity contribution is 0.0962. The van der Waals surface area contributed by atoms with E-state index < -0.39 is 0 Å². The van der Waals surface area contributed by atoms with Gasteiger partial charge in [-0.15, -0.1) is 0 Å². The van der Waals surface area contributed by atoms with Gasteiger partial charge in [0.2, 0.25) is 0 Å². The minimum Gasteiger partial charge on any atom is -0.493 e. The van der Waals surface area contributed by atoms with Gasteiger partial charge in [-0.2, -0.15) is 0 Å². The Morgan fingerprint density at radius 3 is 2.12 bits per heavy atom. The zero-order valence-electron chi connectivity index (χ0n) is 13.5. The normalized spacial score (nSPS) is 10.3.